The maximum atomic E-state index is 14.5. The number of hydrogen-bond donors (Lipinski definition) is 1. The van der Waals surface area contributed by atoms with Gasteiger partial charge in [0.25, 0.3) is 0 Å². The van der Waals surface area contributed by atoms with Crippen molar-refractivity contribution in [2.75, 3.05) is 31.1 Å². The first kappa shape index (κ1) is 28.3. The van der Waals surface area contributed by atoms with Crippen molar-refractivity contribution in [1.82, 2.24) is 9.88 Å². The zero-order valence-corrected chi connectivity index (χ0v) is 22.3. The largest absolute Gasteiger partial charge is 0.354 e. The number of nitrogens with zero attached hydrogens (tertiary/aromatic N) is 3. The lowest BCUT2D eigenvalue weighted by molar-refractivity contribution is 0.187. The van der Waals surface area contributed by atoms with E-state index in [1.807, 2.05) is 30.5 Å². The van der Waals surface area contributed by atoms with Crippen molar-refractivity contribution in [1.29, 1.82) is 0 Å². The molecular weight excluding hydrogens is 522 g/mol. The van der Waals surface area contributed by atoms with Crippen LogP contribution in [0.3, 0.4) is 0 Å². The molecule has 1 aromatic heterocycles. The first-order valence-electron chi connectivity index (χ1n) is 11.8. The van der Waals surface area contributed by atoms with Gasteiger partial charge in [-0.25, -0.2) is 22.9 Å². The molecule has 0 spiro atoms. The van der Waals surface area contributed by atoms with E-state index in [9.17, 15) is 12.8 Å². The van der Waals surface area contributed by atoms with Crippen molar-refractivity contribution in [2.24, 2.45) is 5.14 Å². The molecule has 0 unspecified atom stereocenters. The SMILES string of the molecule is Cl.Cl.NS(=O)(=O)c1cccc(F)c1-c1ccc(-c2ccc(N3CCN(C4CCCC4)CC3)nc2)cc1. The minimum Gasteiger partial charge on any atom is -0.354 e. The predicted octanol–water partition coefficient (Wildman–Crippen LogP) is 5.11. The van der Waals surface area contributed by atoms with Crippen LogP contribution in [0.15, 0.2) is 65.7 Å². The Balaban J connectivity index is 0.00000180. The number of halogens is 3. The second-order valence-electron chi connectivity index (χ2n) is 9.10. The van der Waals surface area contributed by atoms with Crippen LogP contribution in [0, 0.1) is 5.82 Å². The van der Waals surface area contributed by atoms with Gasteiger partial charge >= 0.3 is 0 Å². The third-order valence-electron chi connectivity index (χ3n) is 7.02. The Morgan fingerprint density at radius 2 is 1.44 bits per heavy atom. The fourth-order valence-corrected chi connectivity index (χ4v) is 5.95. The highest BCUT2D eigenvalue weighted by Crippen LogP contribution is 2.32. The van der Waals surface area contributed by atoms with Gasteiger partial charge in [-0.3, -0.25) is 4.90 Å². The van der Waals surface area contributed by atoms with Crippen LogP contribution in [-0.2, 0) is 10.0 Å². The summed E-state index contributed by atoms with van der Waals surface area (Å²) in [5.41, 5.74) is 2.31. The summed E-state index contributed by atoms with van der Waals surface area (Å²) in [6, 6.07) is 15.8. The van der Waals surface area contributed by atoms with E-state index < -0.39 is 15.8 Å². The van der Waals surface area contributed by atoms with Crippen LogP contribution in [0.2, 0.25) is 0 Å². The Morgan fingerprint density at radius 1 is 0.833 bits per heavy atom. The summed E-state index contributed by atoms with van der Waals surface area (Å²) in [4.78, 5) is 9.44. The third kappa shape index (κ3) is 6.01. The van der Waals surface area contributed by atoms with Gasteiger partial charge in [0.15, 0.2) is 0 Å². The summed E-state index contributed by atoms with van der Waals surface area (Å²) < 4.78 is 38.3. The zero-order chi connectivity index (χ0) is 23.7. The van der Waals surface area contributed by atoms with Gasteiger partial charge in [0.1, 0.15) is 11.6 Å². The number of rotatable bonds is 5. The van der Waals surface area contributed by atoms with Crippen molar-refractivity contribution in [3.05, 3.63) is 66.6 Å². The van der Waals surface area contributed by atoms with E-state index >= 15 is 0 Å². The molecule has 3 aromatic rings. The molecule has 2 aliphatic rings. The van der Waals surface area contributed by atoms with Crippen molar-refractivity contribution in [3.63, 3.8) is 0 Å². The van der Waals surface area contributed by atoms with Crippen molar-refractivity contribution < 1.29 is 12.8 Å². The average Bonchev–Trinajstić information content (AvgIpc) is 3.39. The molecule has 36 heavy (non-hydrogen) atoms. The van der Waals surface area contributed by atoms with E-state index in [0.717, 1.165) is 49.2 Å². The number of sulfonamides is 1. The first-order chi connectivity index (χ1) is 16.4. The molecule has 1 aliphatic heterocycles. The van der Waals surface area contributed by atoms with Gasteiger partial charge in [0.05, 0.1) is 4.90 Å². The summed E-state index contributed by atoms with van der Waals surface area (Å²) in [5.74, 6) is 0.355. The fraction of sp³-hybridized carbons (Fsp3) is 0.346. The van der Waals surface area contributed by atoms with Crippen LogP contribution in [0.5, 0.6) is 0 Å². The highest BCUT2D eigenvalue weighted by atomic mass is 35.5. The molecule has 5 rings (SSSR count). The van der Waals surface area contributed by atoms with Gasteiger partial charge < -0.3 is 4.90 Å². The van der Waals surface area contributed by atoms with Crippen molar-refractivity contribution >= 4 is 40.7 Å². The number of anilines is 1. The van der Waals surface area contributed by atoms with E-state index in [0.29, 0.717) is 5.56 Å². The molecule has 0 radical (unpaired) electrons. The van der Waals surface area contributed by atoms with E-state index in [1.54, 1.807) is 12.1 Å². The monoisotopic (exact) mass is 552 g/mol. The maximum Gasteiger partial charge on any atom is 0.238 e. The molecule has 2 N–H and O–H groups in total. The van der Waals surface area contributed by atoms with E-state index in [-0.39, 0.29) is 35.3 Å². The standard InChI is InChI=1S/C26H29FN4O2S.2ClH/c27-23-6-3-7-24(34(28,32)33)26(23)20-10-8-19(9-11-20)21-12-13-25(29-18-21)31-16-14-30(15-17-31)22-4-1-2-5-22;;/h3,6-13,18,22H,1-2,4-5,14-17H2,(H2,28,32,33);2*1H. The van der Waals surface area contributed by atoms with Gasteiger partial charge in [-0.15, -0.1) is 24.8 Å². The van der Waals surface area contributed by atoms with Crippen LogP contribution in [-0.4, -0.2) is 50.5 Å². The number of piperazine rings is 1. The van der Waals surface area contributed by atoms with Gasteiger partial charge in [0, 0.05) is 49.5 Å². The van der Waals surface area contributed by atoms with E-state index in [2.05, 4.69) is 9.80 Å². The lowest BCUT2D eigenvalue weighted by atomic mass is 10.0. The predicted molar refractivity (Wildman–Crippen MR) is 147 cm³/mol. The Hall–Kier alpha value is -2.23. The van der Waals surface area contributed by atoms with E-state index in [4.69, 9.17) is 10.1 Å². The average molecular weight is 554 g/mol. The number of pyridine rings is 1. The molecule has 2 aromatic carbocycles. The van der Waals surface area contributed by atoms with E-state index in [1.165, 1.54) is 43.9 Å². The highest BCUT2D eigenvalue weighted by Gasteiger charge is 2.26. The molecule has 0 bridgehead atoms. The molecule has 6 nitrogen and oxygen atoms in total. The number of hydrogen-bond acceptors (Lipinski definition) is 5. The van der Waals surface area contributed by atoms with Crippen LogP contribution >= 0.6 is 24.8 Å². The van der Waals surface area contributed by atoms with Crippen LogP contribution in [0.4, 0.5) is 10.2 Å². The molecule has 2 heterocycles. The van der Waals surface area contributed by atoms with Gasteiger partial charge in [-0.05, 0) is 48.2 Å². The van der Waals surface area contributed by atoms with Crippen LogP contribution < -0.4 is 10.0 Å². The third-order valence-corrected chi connectivity index (χ3v) is 7.97. The number of nitrogens with two attached hydrogens (primary N) is 1. The maximum absolute atomic E-state index is 14.5. The van der Waals surface area contributed by atoms with Gasteiger partial charge in [0.2, 0.25) is 10.0 Å². The number of aromatic nitrogens is 1. The molecule has 2 fully saturated rings. The minimum absolute atomic E-state index is 0. The fourth-order valence-electron chi connectivity index (χ4n) is 5.18. The molecular formula is C26H31Cl2FN4O2S. The second-order valence-corrected chi connectivity index (χ2v) is 10.6. The molecule has 1 aliphatic carbocycles. The smallest absolute Gasteiger partial charge is 0.238 e. The Labute approximate surface area is 224 Å². The summed E-state index contributed by atoms with van der Waals surface area (Å²) >= 11 is 0. The summed E-state index contributed by atoms with van der Waals surface area (Å²) in [7, 11) is -4.05. The van der Waals surface area contributed by atoms with Crippen LogP contribution in [0.1, 0.15) is 25.7 Å². The van der Waals surface area contributed by atoms with Crippen molar-refractivity contribution in [2.45, 2.75) is 36.6 Å². The Bertz CT molecular complexity index is 1260. The normalized spacial score (nSPS) is 16.9. The summed E-state index contributed by atoms with van der Waals surface area (Å²) in [6.07, 6.45) is 7.26. The number of primary sulfonamides is 1. The minimum atomic E-state index is -4.05. The molecule has 0 amide bonds. The number of benzene rings is 2. The highest BCUT2D eigenvalue weighted by molar-refractivity contribution is 7.89. The molecule has 1 saturated heterocycles. The Kier molecular flexibility index (Phi) is 9.35. The summed E-state index contributed by atoms with van der Waals surface area (Å²) in [6.45, 7) is 4.16. The van der Waals surface area contributed by atoms with Crippen LogP contribution in [0.25, 0.3) is 22.3 Å². The molecule has 194 valence electrons. The summed E-state index contributed by atoms with van der Waals surface area (Å²) in [5, 5.41) is 5.29. The second kappa shape index (κ2) is 11.9. The molecule has 10 heteroatoms. The molecule has 1 saturated carbocycles. The van der Waals surface area contributed by atoms with Gasteiger partial charge in [-0.1, -0.05) is 43.2 Å². The van der Waals surface area contributed by atoms with Crippen molar-refractivity contribution in [3.8, 4) is 22.3 Å². The lowest BCUT2D eigenvalue weighted by Gasteiger charge is -2.38. The molecule has 0 atom stereocenters. The first-order valence-corrected chi connectivity index (χ1v) is 13.3. The Morgan fingerprint density at radius 3 is 2.03 bits per heavy atom. The van der Waals surface area contributed by atoms with Gasteiger partial charge in [-0.2, -0.15) is 0 Å². The zero-order valence-electron chi connectivity index (χ0n) is 19.8. The topological polar surface area (TPSA) is 79.5 Å². The quantitative estimate of drug-likeness (QED) is 0.475. The lowest BCUT2D eigenvalue weighted by Crippen LogP contribution is -2.49.